The Morgan fingerprint density at radius 1 is 1.27 bits per heavy atom. The molecule has 0 saturated carbocycles. The molecule has 136 valence electrons. The smallest absolute Gasteiger partial charge is 0.269 e. The van der Waals surface area contributed by atoms with E-state index in [1.807, 2.05) is 0 Å². The van der Waals surface area contributed by atoms with Gasteiger partial charge in [0.15, 0.2) is 0 Å². The number of rotatable bonds is 4. The van der Waals surface area contributed by atoms with Crippen molar-refractivity contribution in [1.82, 2.24) is 9.97 Å². The van der Waals surface area contributed by atoms with Gasteiger partial charge in [0.2, 0.25) is 5.95 Å². The Hall–Kier alpha value is -3.03. The largest absolute Gasteiger partial charge is 0.341 e. The van der Waals surface area contributed by atoms with Crippen molar-refractivity contribution in [2.24, 2.45) is 5.92 Å². The maximum Gasteiger partial charge on any atom is 0.269 e. The van der Waals surface area contributed by atoms with Crippen LogP contribution in [0.1, 0.15) is 35.8 Å². The van der Waals surface area contributed by atoms with Gasteiger partial charge >= 0.3 is 0 Å². The van der Waals surface area contributed by atoms with E-state index < -0.39 is 4.92 Å². The Morgan fingerprint density at radius 2 is 1.92 bits per heavy atom. The number of nitro benzene ring substituents is 1. The minimum absolute atomic E-state index is 0.0253. The molecule has 0 unspecified atom stereocenters. The molecule has 8 heteroatoms. The van der Waals surface area contributed by atoms with Gasteiger partial charge in [-0.25, -0.2) is 9.97 Å². The Morgan fingerprint density at radius 3 is 2.50 bits per heavy atom. The molecule has 3 rings (SSSR count). The highest BCUT2D eigenvalue weighted by Gasteiger charge is 2.20. The van der Waals surface area contributed by atoms with Crippen molar-refractivity contribution in [2.75, 3.05) is 23.3 Å². The first kappa shape index (κ1) is 17.8. The third-order valence-electron chi connectivity index (χ3n) is 4.61. The van der Waals surface area contributed by atoms with E-state index >= 15 is 0 Å². The van der Waals surface area contributed by atoms with Crippen molar-refractivity contribution < 1.29 is 9.72 Å². The zero-order chi connectivity index (χ0) is 18.7. The number of aryl methyl sites for hydroxylation is 1. The molecule has 1 aromatic heterocycles. The number of hydrogen-bond donors (Lipinski definition) is 1. The quantitative estimate of drug-likeness (QED) is 0.668. The first-order valence-corrected chi connectivity index (χ1v) is 8.58. The van der Waals surface area contributed by atoms with Gasteiger partial charge < -0.3 is 10.2 Å². The molecule has 1 N–H and O–H groups in total. The maximum atomic E-state index is 12.4. The molecule has 2 heterocycles. The van der Waals surface area contributed by atoms with Gasteiger partial charge in [0.25, 0.3) is 11.6 Å². The molecule has 1 saturated heterocycles. The lowest BCUT2D eigenvalue weighted by molar-refractivity contribution is -0.384. The number of piperidine rings is 1. The van der Waals surface area contributed by atoms with Gasteiger partial charge in [-0.05, 0) is 37.8 Å². The molecule has 0 spiro atoms. The zero-order valence-electron chi connectivity index (χ0n) is 14.8. The number of anilines is 2. The minimum Gasteiger partial charge on any atom is -0.341 e. The lowest BCUT2D eigenvalue weighted by Gasteiger charge is -2.30. The number of aromatic nitrogens is 2. The predicted octanol–water partition coefficient (Wildman–Crippen LogP) is 3.18. The van der Waals surface area contributed by atoms with Crippen LogP contribution in [0.2, 0.25) is 0 Å². The van der Waals surface area contributed by atoms with E-state index in [2.05, 4.69) is 27.1 Å². The molecule has 1 fully saturated rings. The molecule has 1 aliphatic rings. The third kappa shape index (κ3) is 3.96. The number of non-ortho nitro benzene ring substituents is 1. The van der Waals surface area contributed by atoms with Crippen molar-refractivity contribution in [3.63, 3.8) is 0 Å². The van der Waals surface area contributed by atoms with Gasteiger partial charge in [0.1, 0.15) is 0 Å². The molecule has 2 aromatic rings. The highest BCUT2D eigenvalue weighted by atomic mass is 16.6. The summed E-state index contributed by atoms with van der Waals surface area (Å²) in [5, 5.41) is 13.4. The van der Waals surface area contributed by atoms with Crippen LogP contribution in [0.15, 0.2) is 30.5 Å². The van der Waals surface area contributed by atoms with Gasteiger partial charge in [-0.15, -0.1) is 0 Å². The van der Waals surface area contributed by atoms with Crippen LogP contribution >= 0.6 is 0 Å². The molecule has 0 atom stereocenters. The Labute approximate surface area is 151 Å². The van der Waals surface area contributed by atoms with Crippen LogP contribution in [0.3, 0.4) is 0 Å². The highest BCUT2D eigenvalue weighted by Crippen LogP contribution is 2.21. The maximum absolute atomic E-state index is 12.4. The molecule has 0 bridgehead atoms. The molecule has 1 aliphatic heterocycles. The summed E-state index contributed by atoms with van der Waals surface area (Å²) in [6, 6.07) is 5.68. The van der Waals surface area contributed by atoms with E-state index in [9.17, 15) is 14.9 Å². The second kappa shape index (κ2) is 7.47. The number of nitrogens with one attached hydrogen (secondary N) is 1. The first-order chi connectivity index (χ1) is 12.4. The first-order valence-electron chi connectivity index (χ1n) is 8.58. The molecule has 1 amide bonds. The van der Waals surface area contributed by atoms with Crippen LogP contribution in [-0.4, -0.2) is 33.9 Å². The molecule has 0 radical (unpaired) electrons. The standard InChI is InChI=1S/C18H21N5O3/c1-12-7-9-22(10-8-12)18-19-11-16(13(2)20-18)17(24)21-14-3-5-15(6-4-14)23(25)26/h3-6,11-12H,7-10H2,1-2H3,(H,21,24). The lowest BCUT2D eigenvalue weighted by atomic mass is 10.00. The summed E-state index contributed by atoms with van der Waals surface area (Å²) >= 11 is 0. The zero-order valence-corrected chi connectivity index (χ0v) is 14.8. The van der Waals surface area contributed by atoms with Crippen molar-refractivity contribution in [2.45, 2.75) is 26.7 Å². The normalized spacial score (nSPS) is 14.9. The van der Waals surface area contributed by atoms with Gasteiger partial charge in [0.05, 0.1) is 16.2 Å². The summed E-state index contributed by atoms with van der Waals surface area (Å²) < 4.78 is 0. The average Bonchev–Trinajstić information content (AvgIpc) is 2.62. The summed E-state index contributed by atoms with van der Waals surface area (Å²) in [4.78, 5) is 33.6. The second-order valence-corrected chi connectivity index (χ2v) is 6.60. The number of carbonyl (C=O) groups excluding carboxylic acids is 1. The number of nitro groups is 1. The molecule has 1 aromatic carbocycles. The van der Waals surface area contributed by atoms with Crippen molar-refractivity contribution in [3.05, 3.63) is 51.8 Å². The van der Waals surface area contributed by atoms with Crippen LogP contribution in [0.4, 0.5) is 17.3 Å². The topological polar surface area (TPSA) is 101 Å². The van der Waals surface area contributed by atoms with E-state index in [0.29, 0.717) is 22.9 Å². The Balaban J connectivity index is 1.70. The van der Waals surface area contributed by atoms with Crippen LogP contribution in [0.5, 0.6) is 0 Å². The highest BCUT2D eigenvalue weighted by molar-refractivity contribution is 6.04. The van der Waals surface area contributed by atoms with Crippen LogP contribution in [0, 0.1) is 23.0 Å². The second-order valence-electron chi connectivity index (χ2n) is 6.60. The minimum atomic E-state index is -0.482. The number of amides is 1. The molecule has 8 nitrogen and oxygen atoms in total. The summed E-state index contributed by atoms with van der Waals surface area (Å²) in [6.45, 7) is 5.88. The fourth-order valence-corrected chi connectivity index (χ4v) is 2.90. The summed E-state index contributed by atoms with van der Waals surface area (Å²) in [7, 11) is 0. The SMILES string of the molecule is Cc1nc(N2CCC(C)CC2)ncc1C(=O)Nc1ccc([N+](=O)[O-])cc1. The lowest BCUT2D eigenvalue weighted by Crippen LogP contribution is -2.34. The van der Waals surface area contributed by atoms with Crippen molar-refractivity contribution in [3.8, 4) is 0 Å². The number of hydrogen-bond acceptors (Lipinski definition) is 6. The molecule has 0 aliphatic carbocycles. The van der Waals surface area contributed by atoms with Gasteiger partial charge in [-0.1, -0.05) is 6.92 Å². The number of carbonyl (C=O) groups is 1. The molecular weight excluding hydrogens is 334 g/mol. The summed E-state index contributed by atoms with van der Waals surface area (Å²) in [6.07, 6.45) is 3.77. The van der Waals surface area contributed by atoms with Crippen molar-refractivity contribution >= 4 is 23.2 Å². The van der Waals surface area contributed by atoms with E-state index in [1.165, 1.54) is 30.5 Å². The van der Waals surface area contributed by atoms with Gasteiger partial charge in [-0.3, -0.25) is 14.9 Å². The van der Waals surface area contributed by atoms with E-state index in [1.54, 1.807) is 6.92 Å². The van der Waals surface area contributed by atoms with E-state index in [-0.39, 0.29) is 11.6 Å². The summed E-state index contributed by atoms with van der Waals surface area (Å²) in [5.74, 6) is 1.04. The monoisotopic (exact) mass is 355 g/mol. The Kier molecular flexibility index (Phi) is 5.11. The van der Waals surface area contributed by atoms with E-state index in [4.69, 9.17) is 0 Å². The van der Waals surface area contributed by atoms with Crippen LogP contribution in [0.25, 0.3) is 0 Å². The molecular formula is C18H21N5O3. The third-order valence-corrected chi connectivity index (χ3v) is 4.61. The van der Waals surface area contributed by atoms with Gasteiger partial charge in [0, 0.05) is 37.1 Å². The van der Waals surface area contributed by atoms with E-state index in [0.717, 1.165) is 31.8 Å². The summed E-state index contributed by atoms with van der Waals surface area (Å²) in [5.41, 5.74) is 1.45. The number of benzene rings is 1. The van der Waals surface area contributed by atoms with Crippen LogP contribution in [-0.2, 0) is 0 Å². The van der Waals surface area contributed by atoms with Gasteiger partial charge in [-0.2, -0.15) is 0 Å². The Bertz CT molecular complexity index is 814. The van der Waals surface area contributed by atoms with Crippen molar-refractivity contribution in [1.29, 1.82) is 0 Å². The predicted molar refractivity (Wildman–Crippen MR) is 98.4 cm³/mol. The fourth-order valence-electron chi connectivity index (χ4n) is 2.90. The molecule has 26 heavy (non-hydrogen) atoms. The van der Waals surface area contributed by atoms with Crippen LogP contribution < -0.4 is 10.2 Å². The number of nitrogens with zero attached hydrogens (tertiary/aromatic N) is 4. The fraction of sp³-hybridized carbons (Fsp3) is 0.389. The average molecular weight is 355 g/mol.